The number of nitrogens with zero attached hydrogens (tertiary/aromatic N) is 2. The van der Waals surface area contributed by atoms with Crippen LogP contribution in [0.1, 0.15) is 24.2 Å². The van der Waals surface area contributed by atoms with Gasteiger partial charge in [0, 0.05) is 31.3 Å². The minimum Gasteiger partial charge on any atom is -0.486 e. The summed E-state index contributed by atoms with van der Waals surface area (Å²) in [5.74, 6) is 0.524. The maximum absolute atomic E-state index is 13.5. The normalized spacial score (nSPS) is 19.7. The number of urea groups is 1. The van der Waals surface area contributed by atoms with Gasteiger partial charge in [-0.2, -0.15) is 0 Å². The van der Waals surface area contributed by atoms with Gasteiger partial charge in [-0.25, -0.2) is 17.5 Å². The number of benzene rings is 2. The minimum atomic E-state index is -3.50. The summed E-state index contributed by atoms with van der Waals surface area (Å²) in [6.07, 6.45) is 0.445. The maximum Gasteiger partial charge on any atom is 0.323 e. The van der Waals surface area contributed by atoms with E-state index in [2.05, 4.69) is 10.6 Å². The van der Waals surface area contributed by atoms with E-state index in [0.717, 1.165) is 6.26 Å². The van der Waals surface area contributed by atoms with E-state index in [1.54, 1.807) is 43.3 Å². The van der Waals surface area contributed by atoms with Crippen LogP contribution in [0.5, 0.6) is 17.2 Å². The van der Waals surface area contributed by atoms with Gasteiger partial charge in [-0.05, 0) is 31.2 Å². The smallest absolute Gasteiger partial charge is 0.323 e. The summed E-state index contributed by atoms with van der Waals surface area (Å²) in [6.45, 7) is 3.69. The Kier molecular flexibility index (Phi) is 7.99. The molecule has 0 fully saturated rings. The summed E-state index contributed by atoms with van der Waals surface area (Å²) in [4.78, 5) is 28.0. The van der Waals surface area contributed by atoms with Crippen LogP contribution in [0.3, 0.4) is 0 Å². The Morgan fingerprint density at radius 1 is 1.21 bits per heavy atom. The molecule has 2 aliphatic rings. The van der Waals surface area contributed by atoms with Crippen molar-refractivity contribution < 1.29 is 37.3 Å². The molecule has 2 aromatic rings. The summed E-state index contributed by atoms with van der Waals surface area (Å²) in [6, 6.07) is 8.67. The molecule has 0 spiro atoms. The fourth-order valence-corrected chi connectivity index (χ4v) is 4.63. The van der Waals surface area contributed by atoms with Crippen LogP contribution >= 0.6 is 0 Å². The van der Waals surface area contributed by atoms with Crippen molar-refractivity contribution in [2.24, 2.45) is 5.92 Å². The molecule has 3 atom stereocenters. The van der Waals surface area contributed by atoms with Gasteiger partial charge in [0.15, 0.2) is 17.2 Å². The number of nitrogens with one attached hydrogen (secondary N) is 2. The van der Waals surface area contributed by atoms with Gasteiger partial charge in [0.1, 0.15) is 6.10 Å². The number of hydrogen-bond donors (Lipinski definition) is 3. The third-order valence-electron chi connectivity index (χ3n) is 6.57. The Bertz CT molecular complexity index is 1320. The third kappa shape index (κ3) is 5.95. The van der Waals surface area contributed by atoms with Gasteiger partial charge >= 0.3 is 6.03 Å². The highest BCUT2D eigenvalue weighted by Gasteiger charge is 2.35. The van der Waals surface area contributed by atoms with Gasteiger partial charge in [-0.15, -0.1) is 0 Å². The molecular weight excluding hydrogens is 516 g/mol. The molecule has 13 heteroatoms. The predicted octanol–water partition coefficient (Wildman–Crippen LogP) is 2.17. The summed E-state index contributed by atoms with van der Waals surface area (Å²) in [5, 5.41) is 15.2. The van der Waals surface area contributed by atoms with E-state index in [0.29, 0.717) is 17.2 Å². The second-order valence-corrected chi connectivity index (χ2v) is 11.6. The zero-order valence-electron chi connectivity index (χ0n) is 21.6. The van der Waals surface area contributed by atoms with E-state index < -0.39 is 28.2 Å². The van der Waals surface area contributed by atoms with Crippen molar-refractivity contribution >= 4 is 33.3 Å². The summed E-state index contributed by atoms with van der Waals surface area (Å²) in [5.41, 5.74) is 0.878. The predicted molar refractivity (Wildman–Crippen MR) is 140 cm³/mol. The highest BCUT2D eigenvalue weighted by molar-refractivity contribution is 7.88. The Hall–Kier alpha value is -3.55. The van der Waals surface area contributed by atoms with Crippen LogP contribution in [-0.4, -0.2) is 86.6 Å². The quantitative estimate of drug-likeness (QED) is 0.477. The number of para-hydroxylation sites is 1. The average molecular weight is 549 g/mol. The first kappa shape index (κ1) is 27.5. The molecule has 0 aliphatic carbocycles. The van der Waals surface area contributed by atoms with E-state index >= 15 is 0 Å². The molecule has 38 heavy (non-hydrogen) atoms. The highest BCUT2D eigenvalue weighted by Crippen LogP contribution is 2.36. The lowest BCUT2D eigenvalue weighted by molar-refractivity contribution is 0.0389. The summed E-state index contributed by atoms with van der Waals surface area (Å²) in [7, 11) is -2.05. The summed E-state index contributed by atoms with van der Waals surface area (Å²) >= 11 is 0. The van der Waals surface area contributed by atoms with Crippen LogP contribution in [0, 0.1) is 5.92 Å². The van der Waals surface area contributed by atoms with Crippen molar-refractivity contribution in [1.29, 1.82) is 0 Å². The number of anilines is 2. The lowest BCUT2D eigenvalue weighted by Crippen LogP contribution is -2.50. The van der Waals surface area contributed by atoms with E-state index in [9.17, 15) is 23.1 Å². The zero-order valence-corrected chi connectivity index (χ0v) is 22.4. The van der Waals surface area contributed by atoms with Crippen molar-refractivity contribution in [2.45, 2.75) is 26.0 Å². The molecule has 0 bridgehead atoms. The molecule has 0 unspecified atom stereocenters. The van der Waals surface area contributed by atoms with Gasteiger partial charge in [-0.3, -0.25) is 4.79 Å². The van der Waals surface area contributed by atoms with Crippen LogP contribution in [0.4, 0.5) is 16.2 Å². The van der Waals surface area contributed by atoms with Crippen molar-refractivity contribution in [2.75, 3.05) is 50.4 Å². The first-order valence-corrected chi connectivity index (χ1v) is 13.9. The molecule has 12 nitrogen and oxygen atoms in total. The first-order valence-electron chi connectivity index (χ1n) is 12.1. The first-order chi connectivity index (χ1) is 18.0. The van der Waals surface area contributed by atoms with E-state index in [1.807, 2.05) is 6.92 Å². The standard InChI is InChI=1S/C25H32N4O8S/c1-15-11-29(16(2)13-30)24(31)18-6-5-7-19(23(18)37-22(15)12-28(3)38(4,33)34)27-25(32)26-17-8-9-20-21(10-17)36-14-35-20/h5-10,15-16,22,30H,11-14H2,1-4H3,(H2,26,27,32)/t15-,16-,22+/m0/s1. The number of carbonyl (C=O) groups is 2. The van der Waals surface area contributed by atoms with Gasteiger partial charge in [0.2, 0.25) is 16.8 Å². The van der Waals surface area contributed by atoms with Gasteiger partial charge in [0.05, 0.1) is 36.7 Å². The van der Waals surface area contributed by atoms with Crippen LogP contribution < -0.4 is 24.8 Å². The zero-order chi connectivity index (χ0) is 27.6. The lowest BCUT2D eigenvalue weighted by atomic mass is 9.99. The van der Waals surface area contributed by atoms with Crippen LogP contribution in [0.2, 0.25) is 0 Å². The Balaban J connectivity index is 1.65. The van der Waals surface area contributed by atoms with Crippen LogP contribution in [0.15, 0.2) is 36.4 Å². The van der Waals surface area contributed by atoms with Gasteiger partial charge in [0.25, 0.3) is 5.91 Å². The number of amides is 3. The number of carbonyl (C=O) groups excluding carboxylic acids is 2. The number of fused-ring (bicyclic) bond motifs is 2. The molecule has 2 aromatic carbocycles. The summed E-state index contributed by atoms with van der Waals surface area (Å²) < 4.78 is 42.4. The van der Waals surface area contributed by atoms with Crippen LogP contribution in [0.25, 0.3) is 0 Å². The average Bonchev–Trinajstić information content (AvgIpc) is 3.33. The topological polar surface area (TPSA) is 147 Å². The van der Waals surface area contributed by atoms with Gasteiger partial charge in [-0.1, -0.05) is 13.0 Å². The number of aliphatic hydroxyl groups excluding tert-OH is 1. The van der Waals surface area contributed by atoms with Crippen LogP contribution in [-0.2, 0) is 10.0 Å². The Morgan fingerprint density at radius 3 is 2.66 bits per heavy atom. The molecular formula is C25H32N4O8S. The second-order valence-electron chi connectivity index (χ2n) is 9.50. The molecule has 4 rings (SSSR count). The van der Waals surface area contributed by atoms with E-state index in [-0.39, 0.29) is 55.3 Å². The number of ether oxygens (including phenoxy) is 3. The molecule has 2 aliphatic heterocycles. The number of aliphatic hydroxyl groups is 1. The molecule has 0 saturated carbocycles. The van der Waals surface area contributed by atoms with Gasteiger partial charge < -0.3 is 34.9 Å². The molecule has 3 N–H and O–H groups in total. The minimum absolute atomic E-state index is 0.0205. The molecule has 2 heterocycles. The van der Waals surface area contributed by atoms with Crippen molar-refractivity contribution in [1.82, 2.24) is 9.21 Å². The second kappa shape index (κ2) is 11.1. The number of rotatable bonds is 7. The molecule has 206 valence electrons. The Morgan fingerprint density at radius 2 is 1.95 bits per heavy atom. The maximum atomic E-state index is 13.5. The SMILES string of the molecule is C[C@H]1CN([C@@H](C)CO)C(=O)c2cccc(NC(=O)Nc3ccc4c(c3)OCO4)c2O[C@@H]1CN(C)S(C)(=O)=O. The van der Waals surface area contributed by atoms with E-state index in [1.165, 1.54) is 16.3 Å². The lowest BCUT2D eigenvalue weighted by Gasteiger charge is -2.38. The fraction of sp³-hybridized carbons (Fsp3) is 0.440. The Labute approximate surface area is 221 Å². The molecule has 3 amide bonds. The number of hydrogen-bond acceptors (Lipinski definition) is 8. The number of likely N-dealkylation sites (N-methyl/N-ethyl adjacent to an activating group) is 1. The fourth-order valence-electron chi connectivity index (χ4n) is 4.21. The van der Waals surface area contributed by atoms with Crippen molar-refractivity contribution in [3.05, 3.63) is 42.0 Å². The van der Waals surface area contributed by atoms with Crippen molar-refractivity contribution in [3.63, 3.8) is 0 Å². The highest BCUT2D eigenvalue weighted by atomic mass is 32.2. The molecule has 0 radical (unpaired) electrons. The monoisotopic (exact) mass is 548 g/mol. The van der Waals surface area contributed by atoms with E-state index in [4.69, 9.17) is 14.2 Å². The number of sulfonamides is 1. The van der Waals surface area contributed by atoms with Crippen molar-refractivity contribution in [3.8, 4) is 17.2 Å². The largest absolute Gasteiger partial charge is 0.486 e. The third-order valence-corrected chi connectivity index (χ3v) is 7.85. The molecule has 0 aromatic heterocycles. The molecule has 0 saturated heterocycles.